The molecular weight excluding hydrogens is 160 g/mol. The normalized spacial score (nSPS) is 24.7. The van der Waals surface area contributed by atoms with Crippen molar-refractivity contribution in [2.24, 2.45) is 5.16 Å². The fraction of sp³-hybridized carbons (Fsp3) is 0.714. The van der Waals surface area contributed by atoms with E-state index in [9.17, 15) is 4.79 Å². The highest BCUT2D eigenvalue weighted by Crippen LogP contribution is 2.15. The minimum Gasteiger partial charge on any atom is -0.465 e. The molecule has 12 heavy (non-hydrogen) atoms. The number of amides is 1. The number of hydrogen-bond acceptors (Lipinski definition) is 3. The van der Waals surface area contributed by atoms with Crippen molar-refractivity contribution in [1.82, 2.24) is 4.90 Å². The highest BCUT2D eigenvalue weighted by Gasteiger charge is 2.24. The summed E-state index contributed by atoms with van der Waals surface area (Å²) in [6.45, 7) is 0.534. The van der Waals surface area contributed by atoms with Crippen LogP contribution in [0.1, 0.15) is 19.3 Å². The molecule has 0 aliphatic carbocycles. The van der Waals surface area contributed by atoms with E-state index in [-0.39, 0.29) is 6.04 Å². The molecule has 1 aliphatic heterocycles. The molecule has 1 aliphatic rings. The van der Waals surface area contributed by atoms with Crippen LogP contribution in [0, 0.1) is 0 Å². The van der Waals surface area contributed by atoms with Gasteiger partial charge in [0, 0.05) is 6.54 Å². The molecule has 0 bridgehead atoms. The first-order valence-corrected chi connectivity index (χ1v) is 3.93. The number of oxime groups is 1. The summed E-state index contributed by atoms with van der Waals surface area (Å²) in [6.07, 6.45) is 2.95. The summed E-state index contributed by atoms with van der Waals surface area (Å²) in [5.41, 5.74) is 0. The first kappa shape index (κ1) is 8.83. The van der Waals surface area contributed by atoms with Gasteiger partial charge in [0.1, 0.15) is 0 Å². The molecule has 0 aromatic rings. The predicted molar refractivity (Wildman–Crippen MR) is 42.6 cm³/mol. The van der Waals surface area contributed by atoms with Gasteiger partial charge in [-0.25, -0.2) is 4.79 Å². The second-order valence-corrected chi connectivity index (χ2v) is 2.80. The van der Waals surface area contributed by atoms with Gasteiger partial charge in [-0.3, -0.25) is 0 Å². The lowest BCUT2D eigenvalue weighted by atomic mass is 10.0. The lowest BCUT2D eigenvalue weighted by Gasteiger charge is -2.30. The molecule has 68 valence electrons. The van der Waals surface area contributed by atoms with Gasteiger partial charge in [-0.05, 0) is 19.3 Å². The van der Waals surface area contributed by atoms with E-state index in [1.807, 2.05) is 0 Å². The second kappa shape index (κ2) is 3.94. The van der Waals surface area contributed by atoms with E-state index in [1.54, 1.807) is 0 Å². The predicted octanol–water partition coefficient (Wildman–Crippen LogP) is 0.979. The maximum Gasteiger partial charge on any atom is 0.407 e. The smallest absolute Gasteiger partial charge is 0.407 e. The minimum absolute atomic E-state index is 0.249. The van der Waals surface area contributed by atoms with Gasteiger partial charge < -0.3 is 15.2 Å². The molecule has 0 spiro atoms. The number of carboxylic acid groups (broad SMARTS) is 1. The van der Waals surface area contributed by atoms with Crippen LogP contribution in [-0.4, -0.2) is 40.1 Å². The Bertz CT molecular complexity index is 193. The molecule has 1 fully saturated rings. The van der Waals surface area contributed by atoms with Gasteiger partial charge in [-0.1, -0.05) is 5.16 Å². The molecule has 5 nitrogen and oxygen atoms in total. The molecule has 1 amide bonds. The maximum absolute atomic E-state index is 10.6. The Hall–Kier alpha value is -1.26. The molecule has 1 saturated heterocycles. The fourth-order valence-electron chi connectivity index (χ4n) is 1.43. The molecule has 0 aromatic heterocycles. The molecular formula is C7H12N2O3. The third-order valence-corrected chi connectivity index (χ3v) is 2.03. The number of piperidine rings is 1. The highest BCUT2D eigenvalue weighted by molar-refractivity contribution is 5.74. The minimum atomic E-state index is -0.945. The Labute approximate surface area is 70.3 Å². The standard InChI is InChI=1S/C7H12N2O3/c10-7(11)9-4-2-1-3-6(9)5-8-12/h5-6,12H,1-4H2,(H,10,11)/t6-/m1/s1. The Morgan fingerprint density at radius 1 is 1.58 bits per heavy atom. The number of carbonyl (C=O) groups is 1. The summed E-state index contributed by atoms with van der Waals surface area (Å²) in [7, 11) is 0. The van der Waals surface area contributed by atoms with Crippen LogP contribution in [0.5, 0.6) is 0 Å². The summed E-state index contributed by atoms with van der Waals surface area (Å²) >= 11 is 0. The van der Waals surface area contributed by atoms with Gasteiger partial charge in [0.25, 0.3) is 0 Å². The fourth-order valence-corrected chi connectivity index (χ4v) is 1.43. The summed E-state index contributed by atoms with van der Waals surface area (Å²) in [5, 5.41) is 19.8. The Morgan fingerprint density at radius 3 is 2.92 bits per heavy atom. The van der Waals surface area contributed by atoms with Crippen LogP contribution in [0.4, 0.5) is 4.79 Å². The van der Waals surface area contributed by atoms with Crippen LogP contribution < -0.4 is 0 Å². The van der Waals surface area contributed by atoms with E-state index in [0.717, 1.165) is 19.3 Å². The largest absolute Gasteiger partial charge is 0.465 e. The van der Waals surface area contributed by atoms with Crippen LogP contribution in [0.25, 0.3) is 0 Å². The Balaban J connectivity index is 2.60. The molecule has 2 N–H and O–H groups in total. The third kappa shape index (κ3) is 1.87. The van der Waals surface area contributed by atoms with Crippen molar-refractivity contribution in [3.8, 4) is 0 Å². The number of rotatable bonds is 1. The summed E-state index contributed by atoms with van der Waals surface area (Å²) in [6, 6.07) is -0.249. The first-order valence-electron chi connectivity index (χ1n) is 3.93. The van der Waals surface area contributed by atoms with Crippen LogP contribution >= 0.6 is 0 Å². The quantitative estimate of drug-likeness (QED) is 0.352. The number of hydrogen-bond donors (Lipinski definition) is 2. The summed E-state index contributed by atoms with van der Waals surface area (Å²) in [4.78, 5) is 11.9. The lowest BCUT2D eigenvalue weighted by molar-refractivity contribution is 0.124. The second-order valence-electron chi connectivity index (χ2n) is 2.80. The first-order chi connectivity index (χ1) is 5.75. The van der Waals surface area contributed by atoms with Crippen LogP contribution in [-0.2, 0) is 0 Å². The third-order valence-electron chi connectivity index (χ3n) is 2.03. The van der Waals surface area contributed by atoms with Gasteiger partial charge in [0.05, 0.1) is 12.3 Å². The molecule has 5 heteroatoms. The van der Waals surface area contributed by atoms with Crippen molar-refractivity contribution >= 4 is 12.3 Å². The molecule has 1 heterocycles. The van der Waals surface area contributed by atoms with Gasteiger partial charge in [-0.15, -0.1) is 0 Å². The number of nitrogens with zero attached hydrogens (tertiary/aromatic N) is 2. The van der Waals surface area contributed by atoms with E-state index >= 15 is 0 Å². The highest BCUT2D eigenvalue weighted by atomic mass is 16.4. The summed E-state index contributed by atoms with van der Waals surface area (Å²) < 4.78 is 0. The van der Waals surface area contributed by atoms with Crippen LogP contribution in [0.2, 0.25) is 0 Å². The Kier molecular flexibility index (Phi) is 2.90. The molecule has 0 radical (unpaired) electrons. The van der Waals surface area contributed by atoms with Crippen LogP contribution in [0.15, 0.2) is 5.16 Å². The molecule has 1 rings (SSSR count). The lowest BCUT2D eigenvalue weighted by Crippen LogP contribution is -2.43. The van der Waals surface area contributed by atoms with E-state index in [0.29, 0.717) is 6.54 Å². The topological polar surface area (TPSA) is 73.1 Å². The SMILES string of the molecule is O=C(O)N1CCCC[C@@H]1C=NO. The zero-order valence-electron chi connectivity index (χ0n) is 6.68. The van der Waals surface area contributed by atoms with Gasteiger partial charge >= 0.3 is 6.09 Å². The zero-order valence-corrected chi connectivity index (χ0v) is 6.68. The molecule has 0 saturated carbocycles. The van der Waals surface area contributed by atoms with Crippen molar-refractivity contribution in [3.05, 3.63) is 0 Å². The van der Waals surface area contributed by atoms with Crippen molar-refractivity contribution in [2.75, 3.05) is 6.54 Å². The molecule has 1 atom stereocenters. The van der Waals surface area contributed by atoms with Gasteiger partial charge in [0.2, 0.25) is 0 Å². The van der Waals surface area contributed by atoms with E-state index < -0.39 is 6.09 Å². The Morgan fingerprint density at radius 2 is 2.33 bits per heavy atom. The van der Waals surface area contributed by atoms with E-state index in [1.165, 1.54) is 11.1 Å². The summed E-state index contributed by atoms with van der Waals surface area (Å²) in [5.74, 6) is 0. The van der Waals surface area contributed by atoms with Gasteiger partial charge in [-0.2, -0.15) is 0 Å². The van der Waals surface area contributed by atoms with Crippen molar-refractivity contribution in [2.45, 2.75) is 25.3 Å². The average molecular weight is 172 g/mol. The van der Waals surface area contributed by atoms with Crippen molar-refractivity contribution < 1.29 is 15.1 Å². The monoisotopic (exact) mass is 172 g/mol. The van der Waals surface area contributed by atoms with Crippen molar-refractivity contribution in [3.63, 3.8) is 0 Å². The van der Waals surface area contributed by atoms with Gasteiger partial charge in [0.15, 0.2) is 0 Å². The van der Waals surface area contributed by atoms with Crippen molar-refractivity contribution in [1.29, 1.82) is 0 Å². The average Bonchev–Trinajstić information content (AvgIpc) is 2.05. The van der Waals surface area contributed by atoms with Crippen LogP contribution in [0.3, 0.4) is 0 Å². The maximum atomic E-state index is 10.6. The van der Waals surface area contributed by atoms with E-state index in [2.05, 4.69) is 5.16 Å². The van der Waals surface area contributed by atoms with E-state index in [4.69, 9.17) is 10.3 Å². The zero-order chi connectivity index (χ0) is 8.97. The number of likely N-dealkylation sites (tertiary alicyclic amines) is 1. The molecule has 0 aromatic carbocycles. The molecule has 0 unspecified atom stereocenters.